The van der Waals surface area contributed by atoms with Crippen LogP contribution >= 0.6 is 22.7 Å². The van der Waals surface area contributed by atoms with Crippen LogP contribution in [0.1, 0.15) is 43.8 Å². The molecule has 0 spiro atoms. The average molecular weight is 324 g/mol. The summed E-state index contributed by atoms with van der Waals surface area (Å²) in [7, 11) is 3.48. The maximum Gasteiger partial charge on any atom is 0.348 e. The molecule has 0 radical (unpaired) electrons. The fourth-order valence-corrected chi connectivity index (χ4v) is 3.96. The van der Waals surface area contributed by atoms with Crippen LogP contribution < -0.4 is 0 Å². The quantitative estimate of drug-likeness (QED) is 0.785. The lowest BCUT2D eigenvalue weighted by Crippen LogP contribution is -2.22. The summed E-state index contributed by atoms with van der Waals surface area (Å²) in [6.07, 6.45) is 0. The minimum Gasteiger partial charge on any atom is -0.465 e. The van der Waals surface area contributed by atoms with Gasteiger partial charge in [-0.15, -0.1) is 22.7 Å². The molecule has 21 heavy (non-hydrogen) atoms. The van der Waals surface area contributed by atoms with Crippen LogP contribution in [0, 0.1) is 13.8 Å². The van der Waals surface area contributed by atoms with Gasteiger partial charge < -0.3 is 4.74 Å². The number of aromatic nitrogens is 1. The fourth-order valence-electron chi connectivity index (χ4n) is 2.23. The molecule has 0 saturated heterocycles. The Labute approximate surface area is 133 Å². The van der Waals surface area contributed by atoms with Gasteiger partial charge in [0.1, 0.15) is 4.88 Å². The summed E-state index contributed by atoms with van der Waals surface area (Å²) in [5.74, 6) is -0.270. The van der Waals surface area contributed by atoms with E-state index in [0.29, 0.717) is 4.88 Å². The summed E-state index contributed by atoms with van der Waals surface area (Å²) >= 11 is 3.16. The molecule has 4 nitrogen and oxygen atoms in total. The van der Waals surface area contributed by atoms with Crippen LogP contribution in [0.25, 0.3) is 0 Å². The molecule has 0 aromatic carbocycles. The van der Waals surface area contributed by atoms with Crippen molar-refractivity contribution < 1.29 is 9.53 Å². The van der Waals surface area contributed by atoms with Crippen LogP contribution in [0.15, 0.2) is 11.4 Å². The molecule has 0 bridgehead atoms. The molecule has 0 fully saturated rings. The summed E-state index contributed by atoms with van der Waals surface area (Å²) in [5, 5.41) is 3.11. The van der Waals surface area contributed by atoms with Crippen molar-refractivity contribution in [1.29, 1.82) is 0 Å². The van der Waals surface area contributed by atoms with E-state index in [9.17, 15) is 4.79 Å². The number of thiazole rings is 1. The van der Waals surface area contributed by atoms with Gasteiger partial charge in [-0.25, -0.2) is 9.78 Å². The number of ether oxygens (including phenoxy) is 1. The maximum atomic E-state index is 11.5. The van der Waals surface area contributed by atoms with Gasteiger partial charge in [0.2, 0.25) is 0 Å². The Bertz CT molecular complexity index is 633. The highest BCUT2D eigenvalue weighted by atomic mass is 32.1. The molecule has 0 amide bonds. The fraction of sp³-hybridized carbons (Fsp3) is 0.467. The van der Waals surface area contributed by atoms with Crippen LogP contribution in [-0.4, -0.2) is 30.0 Å². The zero-order valence-electron chi connectivity index (χ0n) is 13.0. The minimum absolute atomic E-state index is 0.247. The monoisotopic (exact) mass is 324 g/mol. The Balaban J connectivity index is 2.07. The van der Waals surface area contributed by atoms with Crippen molar-refractivity contribution in [3.8, 4) is 0 Å². The molecular formula is C15H20N2O2S2. The number of aryl methyl sites for hydroxylation is 2. The maximum absolute atomic E-state index is 11.5. The molecule has 114 valence electrons. The number of carbonyl (C=O) groups excluding carboxylic acids is 1. The largest absolute Gasteiger partial charge is 0.465 e. The highest BCUT2D eigenvalue weighted by molar-refractivity contribution is 7.12. The number of methoxy groups -OCH3 is 1. The number of hydrogen-bond acceptors (Lipinski definition) is 6. The molecule has 0 saturated carbocycles. The lowest BCUT2D eigenvalue weighted by Gasteiger charge is -2.23. The molecule has 1 atom stereocenters. The topological polar surface area (TPSA) is 42.4 Å². The van der Waals surface area contributed by atoms with Gasteiger partial charge in [-0.05, 0) is 44.8 Å². The second kappa shape index (κ2) is 6.68. The second-order valence-electron chi connectivity index (χ2n) is 5.08. The van der Waals surface area contributed by atoms with Crippen molar-refractivity contribution in [2.75, 3.05) is 14.2 Å². The average Bonchev–Trinajstić information content (AvgIpc) is 3.03. The number of esters is 1. The van der Waals surface area contributed by atoms with Crippen LogP contribution in [0.2, 0.25) is 0 Å². The Morgan fingerprint density at radius 2 is 2.19 bits per heavy atom. The normalized spacial score (nSPS) is 12.7. The number of hydrogen-bond donors (Lipinski definition) is 0. The first-order valence-electron chi connectivity index (χ1n) is 6.72. The number of thiophene rings is 1. The second-order valence-corrected chi connectivity index (χ2v) is 7.39. The molecule has 0 aliphatic carbocycles. The number of carbonyl (C=O) groups is 1. The third kappa shape index (κ3) is 3.70. The first kappa shape index (κ1) is 16.1. The Morgan fingerprint density at radius 1 is 1.48 bits per heavy atom. The third-order valence-electron chi connectivity index (χ3n) is 3.47. The molecule has 2 heterocycles. The summed E-state index contributed by atoms with van der Waals surface area (Å²) < 4.78 is 4.74. The highest BCUT2D eigenvalue weighted by Crippen LogP contribution is 2.27. The van der Waals surface area contributed by atoms with Gasteiger partial charge in [0.25, 0.3) is 0 Å². The van der Waals surface area contributed by atoms with E-state index in [-0.39, 0.29) is 12.0 Å². The molecule has 6 heteroatoms. The van der Waals surface area contributed by atoms with Crippen LogP contribution in [0.5, 0.6) is 0 Å². The summed E-state index contributed by atoms with van der Waals surface area (Å²) in [5.41, 5.74) is 2.27. The molecule has 0 aliphatic heterocycles. The van der Waals surface area contributed by atoms with E-state index in [2.05, 4.69) is 30.8 Å². The Hall–Kier alpha value is -1.24. The predicted octanol–water partition coefficient (Wildman–Crippen LogP) is 3.80. The first-order valence-corrected chi connectivity index (χ1v) is 8.42. The van der Waals surface area contributed by atoms with Crippen molar-refractivity contribution >= 4 is 28.6 Å². The molecule has 2 aromatic rings. The molecular weight excluding hydrogens is 304 g/mol. The van der Waals surface area contributed by atoms with Gasteiger partial charge in [-0.2, -0.15) is 0 Å². The third-order valence-corrected chi connectivity index (χ3v) is 5.33. The molecule has 2 aromatic heterocycles. The summed E-state index contributed by atoms with van der Waals surface area (Å²) in [6, 6.07) is 2.15. The van der Waals surface area contributed by atoms with E-state index >= 15 is 0 Å². The lowest BCUT2D eigenvalue weighted by molar-refractivity contribution is 0.0606. The Kier molecular flexibility index (Phi) is 5.13. The van der Waals surface area contributed by atoms with E-state index in [1.54, 1.807) is 11.3 Å². The predicted molar refractivity (Wildman–Crippen MR) is 87.1 cm³/mol. The van der Waals surface area contributed by atoms with E-state index in [0.717, 1.165) is 22.8 Å². The number of nitrogens with zero attached hydrogens (tertiary/aromatic N) is 2. The number of rotatable bonds is 5. The van der Waals surface area contributed by atoms with E-state index in [1.165, 1.54) is 23.3 Å². The van der Waals surface area contributed by atoms with Gasteiger partial charge in [0, 0.05) is 11.4 Å². The van der Waals surface area contributed by atoms with Crippen LogP contribution in [0.4, 0.5) is 0 Å². The first-order chi connectivity index (χ1) is 9.92. The molecule has 0 unspecified atom stereocenters. The van der Waals surface area contributed by atoms with Crippen LogP contribution in [-0.2, 0) is 11.3 Å². The van der Waals surface area contributed by atoms with Crippen molar-refractivity contribution in [3.05, 3.63) is 37.5 Å². The molecule has 0 N–H and O–H groups in total. The van der Waals surface area contributed by atoms with Gasteiger partial charge in [-0.3, -0.25) is 4.90 Å². The minimum atomic E-state index is -0.270. The van der Waals surface area contributed by atoms with E-state index in [1.807, 2.05) is 18.4 Å². The highest BCUT2D eigenvalue weighted by Gasteiger charge is 2.18. The lowest BCUT2D eigenvalue weighted by atomic mass is 10.1. The van der Waals surface area contributed by atoms with Crippen molar-refractivity contribution in [1.82, 2.24) is 9.88 Å². The van der Waals surface area contributed by atoms with Crippen molar-refractivity contribution in [3.63, 3.8) is 0 Å². The standard InChI is InChI=1S/C15H20N2O2S2/c1-9(14-10(2)21-11(3)16-14)17(4)7-12-6-13(20-8-12)15(18)19-5/h6,8-9H,7H2,1-5H3/t9-/m1/s1. The zero-order valence-corrected chi connectivity index (χ0v) is 14.6. The molecule has 2 rings (SSSR count). The smallest absolute Gasteiger partial charge is 0.348 e. The summed E-state index contributed by atoms with van der Waals surface area (Å²) in [6.45, 7) is 7.10. The van der Waals surface area contributed by atoms with E-state index < -0.39 is 0 Å². The van der Waals surface area contributed by atoms with Crippen LogP contribution in [0.3, 0.4) is 0 Å². The van der Waals surface area contributed by atoms with Gasteiger partial charge in [-0.1, -0.05) is 0 Å². The van der Waals surface area contributed by atoms with Gasteiger partial charge in [0.15, 0.2) is 0 Å². The van der Waals surface area contributed by atoms with E-state index in [4.69, 9.17) is 4.74 Å². The van der Waals surface area contributed by atoms with Crippen molar-refractivity contribution in [2.24, 2.45) is 0 Å². The van der Waals surface area contributed by atoms with Gasteiger partial charge in [0.05, 0.1) is 23.9 Å². The zero-order chi connectivity index (χ0) is 15.6. The van der Waals surface area contributed by atoms with Gasteiger partial charge >= 0.3 is 5.97 Å². The molecule has 0 aliphatic rings. The SMILES string of the molecule is COC(=O)c1cc(CN(C)[C@H](C)c2nc(C)sc2C)cs1. The van der Waals surface area contributed by atoms with Crippen molar-refractivity contribution in [2.45, 2.75) is 33.4 Å². The summed E-state index contributed by atoms with van der Waals surface area (Å²) in [4.78, 5) is 20.3. The Morgan fingerprint density at radius 3 is 2.76 bits per heavy atom.